The highest BCUT2D eigenvalue weighted by atomic mass is 16.5. The molecule has 18 heavy (non-hydrogen) atoms. The molecule has 0 aliphatic carbocycles. The van der Waals surface area contributed by atoms with E-state index in [1.54, 1.807) is 7.11 Å². The fourth-order valence-electron chi connectivity index (χ4n) is 1.93. The molecule has 1 aromatic rings. The SMILES string of the molecule is CCCn1nc(C)c(N)c1N(CCO)CCOC. The summed E-state index contributed by atoms with van der Waals surface area (Å²) < 4.78 is 7.01. The normalized spacial score (nSPS) is 10.9. The van der Waals surface area contributed by atoms with Gasteiger partial charge in [-0.25, -0.2) is 4.68 Å². The summed E-state index contributed by atoms with van der Waals surface area (Å²) in [5, 5.41) is 13.6. The predicted molar refractivity (Wildman–Crippen MR) is 72.8 cm³/mol. The Labute approximate surface area is 108 Å². The van der Waals surface area contributed by atoms with E-state index in [9.17, 15) is 0 Å². The number of anilines is 2. The van der Waals surface area contributed by atoms with Crippen molar-refractivity contribution < 1.29 is 9.84 Å². The summed E-state index contributed by atoms with van der Waals surface area (Å²) in [5.74, 6) is 0.889. The van der Waals surface area contributed by atoms with Crippen molar-refractivity contribution in [1.29, 1.82) is 0 Å². The number of rotatable bonds is 8. The minimum Gasteiger partial charge on any atom is -0.395 e. The lowest BCUT2D eigenvalue weighted by Crippen LogP contribution is -2.32. The van der Waals surface area contributed by atoms with E-state index in [-0.39, 0.29) is 6.61 Å². The maximum absolute atomic E-state index is 9.16. The van der Waals surface area contributed by atoms with Gasteiger partial charge in [-0.05, 0) is 13.3 Å². The molecular weight excluding hydrogens is 232 g/mol. The van der Waals surface area contributed by atoms with Crippen LogP contribution in [0.3, 0.4) is 0 Å². The van der Waals surface area contributed by atoms with Crippen LogP contribution < -0.4 is 10.6 Å². The maximum Gasteiger partial charge on any atom is 0.150 e. The number of nitrogens with zero attached hydrogens (tertiary/aromatic N) is 3. The molecule has 104 valence electrons. The molecule has 0 aliphatic heterocycles. The van der Waals surface area contributed by atoms with E-state index in [1.807, 2.05) is 16.5 Å². The third-order valence-corrected chi connectivity index (χ3v) is 2.82. The van der Waals surface area contributed by atoms with E-state index in [0.29, 0.717) is 25.4 Å². The molecule has 0 saturated heterocycles. The quantitative estimate of drug-likeness (QED) is 0.713. The molecule has 6 nitrogen and oxygen atoms in total. The van der Waals surface area contributed by atoms with E-state index in [2.05, 4.69) is 12.0 Å². The van der Waals surface area contributed by atoms with Gasteiger partial charge in [0.2, 0.25) is 0 Å². The fraction of sp³-hybridized carbons (Fsp3) is 0.750. The summed E-state index contributed by atoms with van der Waals surface area (Å²) in [4.78, 5) is 2.02. The average molecular weight is 256 g/mol. The van der Waals surface area contributed by atoms with Crippen LogP contribution in [0.25, 0.3) is 0 Å². The van der Waals surface area contributed by atoms with E-state index in [0.717, 1.165) is 24.5 Å². The van der Waals surface area contributed by atoms with Crippen LogP contribution in [0.4, 0.5) is 11.5 Å². The first kappa shape index (κ1) is 14.8. The lowest BCUT2D eigenvalue weighted by molar-refractivity contribution is 0.202. The molecule has 1 rings (SSSR count). The summed E-state index contributed by atoms with van der Waals surface area (Å²) in [6.45, 7) is 6.72. The smallest absolute Gasteiger partial charge is 0.150 e. The molecule has 0 amide bonds. The van der Waals surface area contributed by atoms with Gasteiger partial charge in [0.25, 0.3) is 0 Å². The van der Waals surface area contributed by atoms with Crippen LogP contribution in [0.15, 0.2) is 0 Å². The van der Waals surface area contributed by atoms with E-state index in [1.165, 1.54) is 0 Å². The van der Waals surface area contributed by atoms with Gasteiger partial charge in [0.1, 0.15) is 0 Å². The summed E-state index contributed by atoms with van der Waals surface area (Å²) in [5.41, 5.74) is 7.61. The van der Waals surface area contributed by atoms with E-state index >= 15 is 0 Å². The zero-order valence-electron chi connectivity index (χ0n) is 11.5. The van der Waals surface area contributed by atoms with Crippen molar-refractivity contribution in [3.8, 4) is 0 Å². The zero-order valence-corrected chi connectivity index (χ0v) is 11.5. The Balaban J connectivity index is 3.00. The van der Waals surface area contributed by atoms with E-state index in [4.69, 9.17) is 15.6 Å². The standard InChI is InChI=1S/C12H24N4O2/c1-4-5-16-12(11(13)10(2)14-16)15(6-8-17)7-9-18-3/h17H,4-9,13H2,1-3H3. The number of aliphatic hydroxyl groups excluding tert-OH is 1. The van der Waals surface area contributed by atoms with Crippen molar-refractivity contribution >= 4 is 11.5 Å². The molecule has 0 radical (unpaired) electrons. The van der Waals surface area contributed by atoms with Crippen LogP contribution in [-0.4, -0.2) is 48.3 Å². The Hall–Kier alpha value is -1.27. The molecule has 1 heterocycles. The fourth-order valence-corrected chi connectivity index (χ4v) is 1.93. The number of hydrogen-bond acceptors (Lipinski definition) is 5. The molecule has 0 atom stereocenters. The second-order valence-electron chi connectivity index (χ2n) is 4.25. The van der Waals surface area contributed by atoms with E-state index < -0.39 is 0 Å². The zero-order chi connectivity index (χ0) is 13.5. The first-order valence-electron chi connectivity index (χ1n) is 6.33. The summed E-state index contributed by atoms with van der Waals surface area (Å²) in [7, 11) is 1.66. The molecule has 0 unspecified atom stereocenters. The van der Waals surface area contributed by atoms with Gasteiger partial charge in [-0.1, -0.05) is 6.92 Å². The monoisotopic (exact) mass is 256 g/mol. The highest BCUT2D eigenvalue weighted by Crippen LogP contribution is 2.26. The van der Waals surface area contributed by atoms with Gasteiger partial charge in [-0.15, -0.1) is 0 Å². The van der Waals surface area contributed by atoms with Gasteiger partial charge in [0.15, 0.2) is 5.82 Å². The summed E-state index contributed by atoms with van der Waals surface area (Å²) >= 11 is 0. The Morgan fingerprint density at radius 3 is 2.72 bits per heavy atom. The van der Waals surface area contributed by atoms with Crippen LogP contribution in [0.2, 0.25) is 0 Å². The number of hydrogen-bond donors (Lipinski definition) is 2. The number of nitrogen functional groups attached to an aromatic ring is 1. The predicted octanol–water partition coefficient (Wildman–Crippen LogP) is 0.629. The van der Waals surface area contributed by atoms with Crippen LogP contribution in [0.5, 0.6) is 0 Å². The van der Waals surface area contributed by atoms with Crippen LogP contribution >= 0.6 is 0 Å². The second-order valence-corrected chi connectivity index (χ2v) is 4.25. The van der Waals surface area contributed by atoms with Crippen LogP contribution in [-0.2, 0) is 11.3 Å². The minimum atomic E-state index is 0.0828. The van der Waals surface area contributed by atoms with Crippen LogP contribution in [0, 0.1) is 6.92 Å². The Morgan fingerprint density at radius 1 is 1.44 bits per heavy atom. The molecule has 3 N–H and O–H groups in total. The molecule has 0 spiro atoms. The highest BCUT2D eigenvalue weighted by Gasteiger charge is 2.18. The van der Waals surface area contributed by atoms with Gasteiger partial charge in [-0.2, -0.15) is 5.10 Å². The van der Waals surface area contributed by atoms with Crippen LogP contribution in [0.1, 0.15) is 19.0 Å². The number of aryl methyl sites for hydroxylation is 2. The average Bonchev–Trinajstić information content (AvgIpc) is 2.62. The van der Waals surface area contributed by atoms with Gasteiger partial charge in [0.05, 0.1) is 24.6 Å². The van der Waals surface area contributed by atoms with Crippen molar-refractivity contribution in [1.82, 2.24) is 9.78 Å². The second kappa shape index (κ2) is 7.23. The molecule has 6 heteroatoms. The summed E-state index contributed by atoms with van der Waals surface area (Å²) in [6.07, 6.45) is 0.991. The number of methoxy groups -OCH3 is 1. The topological polar surface area (TPSA) is 76.5 Å². The molecule has 0 aliphatic rings. The molecule has 0 aromatic carbocycles. The first-order valence-corrected chi connectivity index (χ1v) is 6.33. The van der Waals surface area contributed by atoms with Gasteiger partial charge in [0, 0.05) is 26.7 Å². The molecule has 0 bridgehead atoms. The van der Waals surface area contributed by atoms with Crippen molar-refractivity contribution in [3.63, 3.8) is 0 Å². The third kappa shape index (κ3) is 3.36. The molecule has 0 fully saturated rings. The number of ether oxygens (including phenoxy) is 1. The maximum atomic E-state index is 9.16. The number of nitrogens with two attached hydrogens (primary N) is 1. The lowest BCUT2D eigenvalue weighted by Gasteiger charge is -2.24. The van der Waals surface area contributed by atoms with Crippen molar-refractivity contribution in [2.45, 2.75) is 26.8 Å². The minimum absolute atomic E-state index is 0.0828. The van der Waals surface area contributed by atoms with Crippen molar-refractivity contribution in [3.05, 3.63) is 5.69 Å². The highest BCUT2D eigenvalue weighted by molar-refractivity contribution is 5.66. The number of aliphatic hydroxyl groups is 1. The van der Waals surface area contributed by atoms with Crippen molar-refractivity contribution in [2.24, 2.45) is 0 Å². The Morgan fingerprint density at radius 2 is 2.17 bits per heavy atom. The van der Waals surface area contributed by atoms with Crippen molar-refractivity contribution in [2.75, 3.05) is 44.0 Å². The summed E-state index contributed by atoms with van der Waals surface area (Å²) in [6, 6.07) is 0. The Kier molecular flexibility index (Phi) is 5.94. The largest absolute Gasteiger partial charge is 0.395 e. The molecule has 0 saturated carbocycles. The van der Waals surface area contributed by atoms with Gasteiger partial charge in [-0.3, -0.25) is 0 Å². The number of aromatic nitrogens is 2. The Bertz CT molecular complexity index is 365. The lowest BCUT2D eigenvalue weighted by atomic mass is 10.3. The molecule has 1 aromatic heterocycles. The van der Waals surface area contributed by atoms with Gasteiger partial charge < -0.3 is 20.5 Å². The van der Waals surface area contributed by atoms with Gasteiger partial charge >= 0.3 is 0 Å². The third-order valence-electron chi connectivity index (χ3n) is 2.82. The first-order chi connectivity index (χ1) is 8.65. The molecular formula is C12H24N4O2.